The fourth-order valence-electron chi connectivity index (χ4n) is 1.85. The van der Waals surface area contributed by atoms with E-state index in [0.29, 0.717) is 25.7 Å². The summed E-state index contributed by atoms with van der Waals surface area (Å²) in [6.07, 6.45) is 0. The van der Waals surface area contributed by atoms with E-state index in [4.69, 9.17) is 11.6 Å². The molecule has 0 atom stereocenters. The highest BCUT2D eigenvalue weighted by molar-refractivity contribution is 8.01. The number of anilines is 2. The molecule has 0 radical (unpaired) electrons. The summed E-state index contributed by atoms with van der Waals surface area (Å²) in [5.41, 5.74) is 1.20. The molecule has 122 valence electrons. The molecule has 8 heteroatoms. The van der Waals surface area contributed by atoms with Crippen LogP contribution in [0.1, 0.15) is 10.4 Å². The normalized spacial score (nSPS) is 10.6. The molecule has 3 rings (SSSR count). The molecule has 3 aromatic rings. The number of rotatable bonds is 6. The maximum atomic E-state index is 13.1. The van der Waals surface area contributed by atoms with E-state index in [1.165, 1.54) is 35.2 Å². The number of aromatic nitrogens is 2. The predicted octanol–water partition coefficient (Wildman–Crippen LogP) is 5.05. The van der Waals surface area contributed by atoms with Gasteiger partial charge in [-0.2, -0.15) is 0 Å². The van der Waals surface area contributed by atoms with E-state index in [1.54, 1.807) is 36.4 Å². The minimum Gasteiger partial charge on any atom is -0.330 e. The number of halogens is 2. The molecule has 0 unspecified atom stereocenters. The number of thioether (sulfide) groups is 1. The first kappa shape index (κ1) is 16.9. The summed E-state index contributed by atoms with van der Waals surface area (Å²) in [6, 6.07) is 12.9. The molecule has 24 heavy (non-hydrogen) atoms. The van der Waals surface area contributed by atoms with Crippen LogP contribution < -0.4 is 5.32 Å². The first-order valence-corrected chi connectivity index (χ1v) is 9.06. The lowest BCUT2D eigenvalue weighted by atomic mass is 10.1. The van der Waals surface area contributed by atoms with Crippen molar-refractivity contribution in [2.75, 3.05) is 11.1 Å². The Bertz CT molecular complexity index is 855. The molecule has 0 aliphatic heterocycles. The van der Waals surface area contributed by atoms with Crippen LogP contribution in [0.25, 0.3) is 0 Å². The van der Waals surface area contributed by atoms with Crippen molar-refractivity contribution in [1.82, 2.24) is 10.2 Å². The zero-order valence-electron chi connectivity index (χ0n) is 12.2. The van der Waals surface area contributed by atoms with Gasteiger partial charge in [-0.25, -0.2) is 4.39 Å². The maximum absolute atomic E-state index is 13.1. The van der Waals surface area contributed by atoms with Crippen molar-refractivity contribution in [3.05, 3.63) is 64.9 Å². The first-order chi connectivity index (χ1) is 11.6. The number of nitrogens with one attached hydrogen (secondary N) is 1. The quantitative estimate of drug-likeness (QED) is 0.479. The average molecular weight is 380 g/mol. The summed E-state index contributed by atoms with van der Waals surface area (Å²) < 4.78 is 13.8. The Morgan fingerprint density at radius 2 is 2.00 bits per heavy atom. The highest BCUT2D eigenvalue weighted by Gasteiger charge is 2.10. The molecule has 0 spiro atoms. The first-order valence-electron chi connectivity index (χ1n) is 6.88. The van der Waals surface area contributed by atoms with E-state index < -0.39 is 0 Å². The van der Waals surface area contributed by atoms with Crippen LogP contribution in [-0.2, 0) is 0 Å². The molecule has 0 bridgehead atoms. The number of hydrogen-bond acceptors (Lipinski definition) is 6. The van der Waals surface area contributed by atoms with Gasteiger partial charge in [0.15, 0.2) is 10.1 Å². The van der Waals surface area contributed by atoms with Crippen molar-refractivity contribution in [3.63, 3.8) is 0 Å². The summed E-state index contributed by atoms with van der Waals surface area (Å²) in [6.45, 7) is 0. The summed E-state index contributed by atoms with van der Waals surface area (Å²) in [5, 5.41) is 12.1. The topological polar surface area (TPSA) is 54.9 Å². The third-order valence-corrected chi connectivity index (χ3v) is 5.20. The lowest BCUT2D eigenvalue weighted by Gasteiger charge is -2.00. The van der Waals surface area contributed by atoms with E-state index in [-0.39, 0.29) is 17.4 Å². The molecule has 0 saturated heterocycles. The van der Waals surface area contributed by atoms with E-state index >= 15 is 0 Å². The Labute approximate surface area is 151 Å². The molecular weight excluding hydrogens is 369 g/mol. The number of carbonyl (C=O) groups excluding carboxylic acids is 1. The molecule has 0 fully saturated rings. The molecular formula is C16H11ClFN3OS2. The van der Waals surface area contributed by atoms with E-state index in [2.05, 4.69) is 15.5 Å². The van der Waals surface area contributed by atoms with Crippen molar-refractivity contribution in [1.29, 1.82) is 0 Å². The molecule has 0 saturated carbocycles. The van der Waals surface area contributed by atoms with Gasteiger partial charge in [0.2, 0.25) is 5.13 Å². The van der Waals surface area contributed by atoms with Gasteiger partial charge in [0.25, 0.3) is 0 Å². The Hall–Kier alpha value is -1.96. The maximum Gasteiger partial charge on any atom is 0.210 e. The smallest absolute Gasteiger partial charge is 0.210 e. The van der Waals surface area contributed by atoms with Crippen molar-refractivity contribution in [2.45, 2.75) is 4.34 Å². The SMILES string of the molecule is O=C(CSc1nnc(Nc2cccc(F)c2)s1)c1ccc(Cl)cc1. The van der Waals surface area contributed by atoms with Crippen molar-refractivity contribution < 1.29 is 9.18 Å². The van der Waals surface area contributed by atoms with Crippen LogP contribution in [0.15, 0.2) is 52.9 Å². The van der Waals surface area contributed by atoms with Gasteiger partial charge < -0.3 is 5.32 Å². The Morgan fingerprint density at radius 3 is 2.75 bits per heavy atom. The molecule has 1 aromatic heterocycles. The zero-order chi connectivity index (χ0) is 16.9. The second-order valence-corrected chi connectivity index (χ2v) is 7.36. The number of ketones is 1. The lowest BCUT2D eigenvalue weighted by molar-refractivity contribution is 0.102. The molecule has 4 nitrogen and oxygen atoms in total. The summed E-state index contributed by atoms with van der Waals surface area (Å²) in [7, 11) is 0. The third kappa shape index (κ3) is 4.53. The minimum absolute atomic E-state index is 0.00786. The van der Waals surface area contributed by atoms with Gasteiger partial charge in [0, 0.05) is 16.3 Å². The van der Waals surface area contributed by atoms with Crippen molar-refractivity contribution in [3.8, 4) is 0 Å². The van der Waals surface area contributed by atoms with Crippen LogP contribution in [0.3, 0.4) is 0 Å². The monoisotopic (exact) mass is 379 g/mol. The largest absolute Gasteiger partial charge is 0.330 e. The number of hydrogen-bond donors (Lipinski definition) is 1. The molecule has 1 N–H and O–H groups in total. The van der Waals surface area contributed by atoms with Gasteiger partial charge in [0.1, 0.15) is 5.82 Å². The molecule has 2 aromatic carbocycles. The molecule has 0 aliphatic rings. The van der Waals surface area contributed by atoms with E-state index in [1.807, 2.05) is 0 Å². The third-order valence-electron chi connectivity index (χ3n) is 2.98. The number of Topliss-reactive ketones (excluding diaryl/α,β-unsaturated/α-hetero) is 1. The van der Waals surface area contributed by atoms with Gasteiger partial charge in [-0.3, -0.25) is 4.79 Å². The van der Waals surface area contributed by atoms with Gasteiger partial charge in [-0.05, 0) is 42.5 Å². The van der Waals surface area contributed by atoms with E-state index in [9.17, 15) is 9.18 Å². The average Bonchev–Trinajstić information content (AvgIpc) is 3.01. The second-order valence-electron chi connectivity index (χ2n) is 4.73. The number of carbonyl (C=O) groups is 1. The summed E-state index contributed by atoms with van der Waals surface area (Å²) in [4.78, 5) is 12.1. The van der Waals surface area contributed by atoms with Crippen LogP contribution in [0.2, 0.25) is 5.02 Å². The lowest BCUT2D eigenvalue weighted by Crippen LogP contribution is -2.01. The standard InChI is InChI=1S/C16H11ClFN3OS2/c17-11-6-4-10(5-7-11)14(22)9-23-16-21-20-15(24-16)19-13-3-1-2-12(18)8-13/h1-8H,9H2,(H,19,20). The van der Waals surface area contributed by atoms with Crippen LogP contribution in [-0.4, -0.2) is 21.7 Å². The Kier molecular flexibility index (Phi) is 5.44. The highest BCUT2D eigenvalue weighted by Crippen LogP contribution is 2.28. The molecule has 1 heterocycles. The van der Waals surface area contributed by atoms with Crippen LogP contribution in [0, 0.1) is 5.82 Å². The van der Waals surface area contributed by atoms with Crippen molar-refractivity contribution in [2.24, 2.45) is 0 Å². The van der Waals surface area contributed by atoms with Gasteiger partial charge in [-0.1, -0.05) is 40.8 Å². The van der Waals surface area contributed by atoms with Crippen LogP contribution in [0.5, 0.6) is 0 Å². The predicted molar refractivity (Wildman–Crippen MR) is 96.1 cm³/mol. The second kappa shape index (κ2) is 7.74. The Morgan fingerprint density at radius 1 is 1.21 bits per heavy atom. The van der Waals surface area contributed by atoms with E-state index in [0.717, 1.165) is 0 Å². The number of benzene rings is 2. The molecule has 0 aliphatic carbocycles. The van der Waals surface area contributed by atoms with Gasteiger partial charge in [-0.15, -0.1) is 10.2 Å². The zero-order valence-corrected chi connectivity index (χ0v) is 14.6. The van der Waals surface area contributed by atoms with Crippen LogP contribution >= 0.6 is 34.7 Å². The number of nitrogens with zero attached hydrogens (tertiary/aromatic N) is 2. The molecule has 0 amide bonds. The van der Waals surface area contributed by atoms with Crippen LogP contribution in [0.4, 0.5) is 15.2 Å². The summed E-state index contributed by atoms with van der Waals surface area (Å²) in [5.74, 6) is -0.0739. The highest BCUT2D eigenvalue weighted by atomic mass is 35.5. The minimum atomic E-state index is -0.326. The summed E-state index contributed by atoms with van der Waals surface area (Å²) >= 11 is 8.42. The van der Waals surface area contributed by atoms with Gasteiger partial charge >= 0.3 is 0 Å². The fraction of sp³-hybridized carbons (Fsp3) is 0.0625. The Balaban J connectivity index is 1.58. The van der Waals surface area contributed by atoms with Crippen molar-refractivity contribution >= 4 is 51.3 Å². The fourth-order valence-corrected chi connectivity index (χ4v) is 3.65. The van der Waals surface area contributed by atoms with Gasteiger partial charge in [0.05, 0.1) is 5.75 Å².